The van der Waals surface area contributed by atoms with Crippen molar-refractivity contribution in [1.29, 1.82) is 0 Å². The zero-order valence-corrected chi connectivity index (χ0v) is 15.6. The van der Waals surface area contributed by atoms with E-state index in [0.717, 1.165) is 11.1 Å². The second-order valence-corrected chi connectivity index (χ2v) is 8.44. The fraction of sp³-hybridized carbons (Fsp3) is 0.333. The molecule has 2 aliphatic rings. The van der Waals surface area contributed by atoms with Gasteiger partial charge in [-0.25, -0.2) is 0 Å². The molecule has 6 heteroatoms. The monoisotopic (exact) mass is 383 g/mol. The Morgan fingerprint density at radius 2 is 1.70 bits per heavy atom. The van der Waals surface area contributed by atoms with Crippen molar-refractivity contribution in [3.05, 3.63) is 59.7 Å². The number of benzene rings is 2. The molecule has 140 valence electrons. The van der Waals surface area contributed by atoms with E-state index >= 15 is 0 Å². The molecule has 0 saturated carbocycles. The molecule has 1 saturated heterocycles. The van der Waals surface area contributed by atoms with Crippen LogP contribution in [0.25, 0.3) is 11.1 Å². The average Bonchev–Trinajstić information content (AvgIpc) is 3.00. The normalized spacial score (nSPS) is 24.1. The van der Waals surface area contributed by atoms with E-state index in [1.807, 2.05) is 24.3 Å². The summed E-state index contributed by atoms with van der Waals surface area (Å²) in [6.45, 7) is 0.245. The highest BCUT2D eigenvalue weighted by molar-refractivity contribution is 8.00. The summed E-state index contributed by atoms with van der Waals surface area (Å²) in [4.78, 5) is 24.0. The third-order valence-corrected chi connectivity index (χ3v) is 6.66. The number of carbonyl (C=O) groups excluding carboxylic acids is 1. The van der Waals surface area contributed by atoms with Gasteiger partial charge >= 0.3 is 11.9 Å². The van der Waals surface area contributed by atoms with E-state index in [-0.39, 0.29) is 24.9 Å². The number of nitrogens with two attached hydrogens (primary N) is 1. The lowest BCUT2D eigenvalue weighted by Gasteiger charge is -2.33. The Bertz CT molecular complexity index is 854. The van der Waals surface area contributed by atoms with Gasteiger partial charge in [0.2, 0.25) is 0 Å². The first kappa shape index (κ1) is 18.1. The first-order valence-electron chi connectivity index (χ1n) is 8.98. The van der Waals surface area contributed by atoms with Crippen LogP contribution in [-0.4, -0.2) is 40.2 Å². The fourth-order valence-corrected chi connectivity index (χ4v) is 5.30. The number of carboxylic acids is 1. The molecule has 0 aromatic heterocycles. The molecule has 3 N–H and O–H groups in total. The van der Waals surface area contributed by atoms with Gasteiger partial charge in [-0.2, -0.15) is 0 Å². The zero-order chi connectivity index (χ0) is 19.0. The lowest BCUT2D eigenvalue weighted by Crippen LogP contribution is -2.53. The molecule has 0 spiro atoms. The Hall–Kier alpha value is -2.31. The Morgan fingerprint density at radius 3 is 2.30 bits per heavy atom. The van der Waals surface area contributed by atoms with E-state index in [1.165, 1.54) is 22.9 Å². The Labute approximate surface area is 161 Å². The summed E-state index contributed by atoms with van der Waals surface area (Å²) in [6, 6.07) is 16.3. The molecule has 2 aromatic rings. The Morgan fingerprint density at radius 1 is 1.11 bits per heavy atom. The van der Waals surface area contributed by atoms with Crippen LogP contribution in [0.15, 0.2) is 48.5 Å². The lowest BCUT2D eigenvalue weighted by molar-refractivity contribution is -0.146. The van der Waals surface area contributed by atoms with Crippen molar-refractivity contribution in [3.8, 4) is 11.1 Å². The van der Waals surface area contributed by atoms with E-state index in [1.54, 1.807) is 0 Å². The highest BCUT2D eigenvalue weighted by Gasteiger charge is 2.43. The SMILES string of the molecule is N[C@@]1(C(=O)O)CCS[C@@H](C(=O)OCC2c3ccccc3-c3ccccc32)C1. The van der Waals surface area contributed by atoms with Crippen LogP contribution in [0.1, 0.15) is 29.9 Å². The van der Waals surface area contributed by atoms with Crippen LogP contribution < -0.4 is 5.73 Å². The first-order valence-corrected chi connectivity index (χ1v) is 10.0. The van der Waals surface area contributed by atoms with Crippen LogP contribution in [0, 0.1) is 0 Å². The Kier molecular flexibility index (Phi) is 4.70. The molecule has 1 fully saturated rings. The smallest absolute Gasteiger partial charge is 0.323 e. The molecule has 5 nitrogen and oxygen atoms in total. The quantitative estimate of drug-likeness (QED) is 0.789. The van der Waals surface area contributed by atoms with Crippen LogP contribution in [-0.2, 0) is 14.3 Å². The number of aliphatic carboxylic acids is 1. The van der Waals surface area contributed by atoms with Gasteiger partial charge in [-0.1, -0.05) is 48.5 Å². The third-order valence-electron chi connectivity index (χ3n) is 5.46. The van der Waals surface area contributed by atoms with E-state index in [4.69, 9.17) is 10.5 Å². The van der Waals surface area contributed by atoms with Gasteiger partial charge in [-0.15, -0.1) is 11.8 Å². The second kappa shape index (κ2) is 7.02. The second-order valence-electron chi connectivity index (χ2n) is 7.13. The van der Waals surface area contributed by atoms with Crippen LogP contribution in [0.4, 0.5) is 0 Å². The van der Waals surface area contributed by atoms with Gasteiger partial charge in [-0.3, -0.25) is 9.59 Å². The minimum Gasteiger partial charge on any atom is -0.480 e. The van der Waals surface area contributed by atoms with Crippen LogP contribution in [0.5, 0.6) is 0 Å². The van der Waals surface area contributed by atoms with Gasteiger partial charge in [0.25, 0.3) is 0 Å². The van der Waals surface area contributed by atoms with Crippen LogP contribution >= 0.6 is 11.8 Å². The molecule has 2 aromatic carbocycles. The molecule has 0 unspecified atom stereocenters. The van der Waals surface area contributed by atoms with Crippen molar-refractivity contribution in [2.45, 2.75) is 29.5 Å². The molecule has 27 heavy (non-hydrogen) atoms. The maximum atomic E-state index is 12.6. The number of esters is 1. The van der Waals surface area contributed by atoms with E-state index in [2.05, 4.69) is 24.3 Å². The number of carbonyl (C=O) groups is 2. The van der Waals surface area contributed by atoms with Gasteiger partial charge in [-0.05, 0) is 40.8 Å². The molecule has 0 radical (unpaired) electrons. The van der Waals surface area contributed by atoms with Crippen molar-refractivity contribution in [2.24, 2.45) is 5.73 Å². The van der Waals surface area contributed by atoms with Crippen LogP contribution in [0.2, 0.25) is 0 Å². The predicted molar refractivity (Wildman–Crippen MR) is 105 cm³/mol. The van der Waals surface area contributed by atoms with Crippen molar-refractivity contribution < 1.29 is 19.4 Å². The van der Waals surface area contributed by atoms with Gasteiger partial charge in [0.15, 0.2) is 0 Å². The van der Waals surface area contributed by atoms with Crippen molar-refractivity contribution in [2.75, 3.05) is 12.4 Å². The largest absolute Gasteiger partial charge is 0.480 e. The number of hydrogen-bond acceptors (Lipinski definition) is 5. The zero-order valence-electron chi connectivity index (χ0n) is 14.8. The number of hydrogen-bond donors (Lipinski definition) is 2. The predicted octanol–water partition coefficient (Wildman–Crippen LogP) is 3.02. The number of thioether (sulfide) groups is 1. The first-order chi connectivity index (χ1) is 13.0. The molecule has 1 aliphatic heterocycles. The van der Waals surface area contributed by atoms with Crippen molar-refractivity contribution >= 4 is 23.7 Å². The summed E-state index contributed by atoms with van der Waals surface area (Å²) < 4.78 is 5.64. The summed E-state index contributed by atoms with van der Waals surface area (Å²) in [6.07, 6.45) is 0.462. The molecule has 1 aliphatic carbocycles. The van der Waals surface area contributed by atoms with Gasteiger partial charge in [0, 0.05) is 5.92 Å². The van der Waals surface area contributed by atoms with E-state index in [9.17, 15) is 14.7 Å². The summed E-state index contributed by atoms with van der Waals surface area (Å²) in [5.41, 5.74) is 9.26. The molecule has 4 rings (SSSR count). The lowest BCUT2D eigenvalue weighted by atomic mass is 9.91. The Balaban J connectivity index is 1.49. The van der Waals surface area contributed by atoms with Gasteiger partial charge in [0.1, 0.15) is 17.4 Å². The van der Waals surface area contributed by atoms with Crippen molar-refractivity contribution in [3.63, 3.8) is 0 Å². The topological polar surface area (TPSA) is 89.6 Å². The minimum absolute atomic E-state index is 0.00273. The highest BCUT2D eigenvalue weighted by atomic mass is 32.2. The third kappa shape index (κ3) is 3.24. The highest BCUT2D eigenvalue weighted by Crippen LogP contribution is 2.44. The van der Waals surface area contributed by atoms with Crippen molar-refractivity contribution in [1.82, 2.24) is 0 Å². The molecule has 0 bridgehead atoms. The standard InChI is InChI=1S/C21H21NO4S/c22-21(20(24)25)9-10-27-18(11-21)19(23)26-12-17-15-7-3-1-5-13(15)14-6-2-4-8-16(14)17/h1-8,17-18H,9-12,22H2,(H,24,25)/t18-,21+/m1/s1. The fourth-order valence-electron chi connectivity index (χ4n) is 3.92. The maximum absolute atomic E-state index is 12.6. The van der Waals surface area contributed by atoms with E-state index in [0.29, 0.717) is 12.2 Å². The minimum atomic E-state index is -1.35. The maximum Gasteiger partial charge on any atom is 0.323 e. The number of fused-ring (bicyclic) bond motifs is 3. The van der Waals surface area contributed by atoms with Crippen LogP contribution in [0.3, 0.4) is 0 Å². The molecular formula is C21H21NO4S. The van der Waals surface area contributed by atoms with E-state index < -0.39 is 16.8 Å². The molecule has 2 atom stereocenters. The summed E-state index contributed by atoms with van der Waals surface area (Å²) >= 11 is 1.43. The number of ether oxygens (including phenoxy) is 1. The summed E-state index contributed by atoms with van der Waals surface area (Å²) in [5, 5.41) is 8.80. The number of rotatable bonds is 4. The molecule has 1 heterocycles. The molecular weight excluding hydrogens is 362 g/mol. The summed E-state index contributed by atoms with van der Waals surface area (Å²) in [7, 11) is 0. The molecule has 0 amide bonds. The summed E-state index contributed by atoms with van der Waals surface area (Å²) in [5.74, 6) is -0.897. The average molecular weight is 383 g/mol. The van der Waals surface area contributed by atoms with Gasteiger partial charge in [0.05, 0.1) is 0 Å². The number of carboxylic acid groups (broad SMARTS) is 1. The van der Waals surface area contributed by atoms with Gasteiger partial charge < -0.3 is 15.6 Å².